The zero-order chi connectivity index (χ0) is 22.9. The number of halogens is 1. The van der Waals surface area contributed by atoms with E-state index >= 15 is 0 Å². The van der Waals surface area contributed by atoms with Crippen LogP contribution in [0.5, 0.6) is 5.75 Å². The van der Waals surface area contributed by atoms with Gasteiger partial charge in [-0.2, -0.15) is 0 Å². The van der Waals surface area contributed by atoms with E-state index < -0.39 is 0 Å². The molecule has 33 heavy (non-hydrogen) atoms. The van der Waals surface area contributed by atoms with Crippen molar-refractivity contribution < 1.29 is 23.4 Å². The maximum atomic E-state index is 13.1. The fraction of sp³-hybridized carbons (Fsp3) is 0.308. The van der Waals surface area contributed by atoms with Gasteiger partial charge in [-0.25, -0.2) is 9.37 Å². The normalized spacial score (nSPS) is 15.7. The van der Waals surface area contributed by atoms with E-state index in [2.05, 4.69) is 10.3 Å². The summed E-state index contributed by atoms with van der Waals surface area (Å²) in [6, 6.07) is 19.2. The molecule has 1 amide bonds. The number of hydrogen-bond acceptors (Lipinski definition) is 5. The van der Waals surface area contributed by atoms with Crippen molar-refractivity contribution in [3.63, 3.8) is 0 Å². The summed E-state index contributed by atoms with van der Waals surface area (Å²) in [6.45, 7) is 1.49. The second-order valence-electron chi connectivity index (χ2n) is 7.84. The fourth-order valence-electron chi connectivity index (χ4n) is 3.47. The van der Waals surface area contributed by atoms with E-state index in [0.29, 0.717) is 24.7 Å². The molecule has 1 aliphatic rings. The highest BCUT2D eigenvalue weighted by atomic mass is 19.1. The Bertz CT molecular complexity index is 1040. The molecule has 1 N–H and O–H groups in total. The molecule has 6 nitrogen and oxygen atoms in total. The second-order valence-corrected chi connectivity index (χ2v) is 7.84. The Morgan fingerprint density at radius 1 is 1.00 bits per heavy atom. The lowest BCUT2D eigenvalue weighted by Crippen LogP contribution is -2.25. The van der Waals surface area contributed by atoms with Crippen LogP contribution >= 0.6 is 0 Å². The predicted octanol–water partition coefficient (Wildman–Crippen LogP) is 4.77. The van der Waals surface area contributed by atoms with Crippen LogP contribution in [-0.4, -0.2) is 23.8 Å². The summed E-state index contributed by atoms with van der Waals surface area (Å²) < 4.78 is 30.5. The van der Waals surface area contributed by atoms with Crippen LogP contribution in [0.15, 0.2) is 66.7 Å². The van der Waals surface area contributed by atoms with Gasteiger partial charge in [-0.3, -0.25) is 4.79 Å². The van der Waals surface area contributed by atoms with E-state index in [1.165, 1.54) is 12.1 Å². The summed E-state index contributed by atoms with van der Waals surface area (Å²) in [5.74, 6) is -0.315. The van der Waals surface area contributed by atoms with Gasteiger partial charge in [0.15, 0.2) is 17.7 Å². The highest BCUT2D eigenvalue weighted by Crippen LogP contribution is 2.21. The average Bonchev–Trinajstić information content (AvgIpc) is 2.87. The monoisotopic (exact) mass is 450 g/mol. The van der Waals surface area contributed by atoms with Gasteiger partial charge < -0.3 is 19.5 Å². The van der Waals surface area contributed by atoms with Crippen molar-refractivity contribution in [2.45, 2.75) is 45.3 Å². The number of benzene rings is 2. The van der Waals surface area contributed by atoms with Gasteiger partial charge in [0.25, 0.3) is 5.91 Å². The highest BCUT2D eigenvalue weighted by molar-refractivity contribution is 5.94. The minimum Gasteiger partial charge on any atom is -0.486 e. The van der Waals surface area contributed by atoms with E-state index in [4.69, 9.17) is 14.2 Å². The van der Waals surface area contributed by atoms with Crippen molar-refractivity contribution >= 4 is 5.91 Å². The zero-order valence-electron chi connectivity index (χ0n) is 18.3. The number of rotatable bonds is 9. The minimum absolute atomic E-state index is 0.179. The van der Waals surface area contributed by atoms with E-state index in [9.17, 15) is 9.18 Å². The summed E-state index contributed by atoms with van der Waals surface area (Å²) in [5.41, 5.74) is 2.56. The van der Waals surface area contributed by atoms with Crippen LogP contribution < -0.4 is 10.1 Å². The van der Waals surface area contributed by atoms with Crippen molar-refractivity contribution in [3.8, 4) is 5.75 Å². The minimum atomic E-state index is -0.377. The van der Waals surface area contributed by atoms with Crippen LogP contribution in [0.3, 0.4) is 0 Å². The second kappa shape index (κ2) is 11.5. The molecule has 7 heteroatoms. The van der Waals surface area contributed by atoms with Crippen LogP contribution in [0.25, 0.3) is 0 Å². The summed E-state index contributed by atoms with van der Waals surface area (Å²) in [7, 11) is 0. The number of carbonyl (C=O) groups is 1. The molecule has 4 rings (SSSR count). The third-order valence-electron chi connectivity index (χ3n) is 5.29. The molecule has 0 radical (unpaired) electrons. The SMILES string of the molecule is O=C(NCc1ccc(F)cc1)c1nc(COC2CCCCO2)ccc1OCc1ccccc1. The number of aromatic nitrogens is 1. The van der Waals surface area contributed by atoms with Crippen molar-refractivity contribution in [2.24, 2.45) is 0 Å². The first-order valence-electron chi connectivity index (χ1n) is 11.1. The number of pyridine rings is 1. The number of hydrogen-bond donors (Lipinski definition) is 1. The van der Waals surface area contributed by atoms with Gasteiger partial charge >= 0.3 is 0 Å². The molecule has 0 saturated carbocycles. The maximum absolute atomic E-state index is 13.1. The van der Waals surface area contributed by atoms with E-state index in [1.807, 2.05) is 30.3 Å². The molecular weight excluding hydrogens is 423 g/mol. The van der Waals surface area contributed by atoms with Crippen molar-refractivity contribution in [2.75, 3.05) is 6.61 Å². The Labute approximate surface area is 192 Å². The Kier molecular flexibility index (Phi) is 8.00. The third-order valence-corrected chi connectivity index (χ3v) is 5.29. The quantitative estimate of drug-likeness (QED) is 0.508. The molecule has 1 aromatic heterocycles. The zero-order valence-corrected chi connectivity index (χ0v) is 18.3. The highest BCUT2D eigenvalue weighted by Gasteiger charge is 2.18. The van der Waals surface area contributed by atoms with Gasteiger partial charge in [-0.05, 0) is 54.7 Å². The molecular formula is C26H27FN2O4. The topological polar surface area (TPSA) is 69.7 Å². The lowest BCUT2D eigenvalue weighted by molar-refractivity contribution is -0.169. The van der Waals surface area contributed by atoms with Gasteiger partial charge in [0, 0.05) is 13.2 Å². The first kappa shape index (κ1) is 22.9. The summed E-state index contributed by atoms with van der Waals surface area (Å²) >= 11 is 0. The maximum Gasteiger partial charge on any atom is 0.274 e. The third kappa shape index (κ3) is 6.84. The molecule has 172 valence electrons. The number of ether oxygens (including phenoxy) is 3. The fourth-order valence-corrected chi connectivity index (χ4v) is 3.47. The molecule has 1 fully saturated rings. The van der Waals surface area contributed by atoms with E-state index in [0.717, 1.165) is 30.4 Å². The summed E-state index contributed by atoms with van der Waals surface area (Å²) in [4.78, 5) is 17.5. The molecule has 0 spiro atoms. The molecule has 1 atom stereocenters. The van der Waals surface area contributed by atoms with E-state index in [1.54, 1.807) is 24.3 Å². The largest absolute Gasteiger partial charge is 0.486 e. The molecule has 1 unspecified atom stereocenters. The van der Waals surface area contributed by atoms with Crippen LogP contribution in [0.2, 0.25) is 0 Å². The molecule has 3 aromatic rings. The first-order valence-corrected chi connectivity index (χ1v) is 11.1. The smallest absolute Gasteiger partial charge is 0.274 e. The number of carbonyl (C=O) groups excluding carboxylic acids is 1. The van der Waals surface area contributed by atoms with Gasteiger partial charge in [0.1, 0.15) is 12.4 Å². The summed E-state index contributed by atoms with van der Waals surface area (Å²) in [6.07, 6.45) is 2.72. The molecule has 1 aliphatic heterocycles. The number of nitrogens with zero attached hydrogens (tertiary/aromatic N) is 1. The molecule has 2 aromatic carbocycles. The average molecular weight is 451 g/mol. The molecule has 0 bridgehead atoms. The van der Waals surface area contributed by atoms with Crippen LogP contribution in [-0.2, 0) is 29.2 Å². The van der Waals surface area contributed by atoms with Gasteiger partial charge in [-0.1, -0.05) is 42.5 Å². The molecule has 2 heterocycles. The van der Waals surface area contributed by atoms with E-state index in [-0.39, 0.29) is 36.9 Å². The van der Waals surface area contributed by atoms with Gasteiger partial charge in [0.05, 0.1) is 12.3 Å². The van der Waals surface area contributed by atoms with Gasteiger partial charge in [0.2, 0.25) is 0 Å². The van der Waals surface area contributed by atoms with Crippen LogP contribution in [0.1, 0.15) is 46.6 Å². The van der Waals surface area contributed by atoms with Gasteiger partial charge in [-0.15, -0.1) is 0 Å². The Hall–Kier alpha value is -3.29. The molecule has 0 aliphatic carbocycles. The van der Waals surface area contributed by atoms with Crippen molar-refractivity contribution in [1.82, 2.24) is 10.3 Å². The number of amides is 1. The van der Waals surface area contributed by atoms with Crippen LogP contribution in [0.4, 0.5) is 4.39 Å². The Balaban J connectivity index is 1.46. The Morgan fingerprint density at radius 3 is 2.58 bits per heavy atom. The number of nitrogens with one attached hydrogen (secondary N) is 1. The lowest BCUT2D eigenvalue weighted by atomic mass is 10.2. The van der Waals surface area contributed by atoms with Crippen molar-refractivity contribution in [3.05, 3.63) is 95.1 Å². The predicted molar refractivity (Wildman–Crippen MR) is 121 cm³/mol. The van der Waals surface area contributed by atoms with Crippen molar-refractivity contribution in [1.29, 1.82) is 0 Å². The Morgan fingerprint density at radius 2 is 1.82 bits per heavy atom. The summed E-state index contributed by atoms with van der Waals surface area (Å²) in [5, 5.41) is 2.84. The lowest BCUT2D eigenvalue weighted by Gasteiger charge is -2.22. The van der Waals surface area contributed by atoms with Crippen LogP contribution in [0, 0.1) is 5.82 Å². The first-order chi connectivity index (χ1) is 16.2. The molecule has 1 saturated heterocycles. The standard InChI is InChI=1S/C26H27FN2O4/c27-21-11-9-19(10-12-21)16-28-26(30)25-23(32-17-20-6-2-1-3-7-20)14-13-22(29-25)18-33-24-8-4-5-15-31-24/h1-3,6-7,9-14,24H,4-5,8,15-18H2,(H,28,30).